The Hall–Kier alpha value is -2.66. The maximum Gasteiger partial charge on any atom is 0.291 e. The highest BCUT2D eigenvalue weighted by molar-refractivity contribution is 9.10. The molecule has 10 heteroatoms. The van der Waals surface area contributed by atoms with Crippen LogP contribution in [0.15, 0.2) is 74.4 Å². The molecule has 0 aliphatic carbocycles. The van der Waals surface area contributed by atoms with Gasteiger partial charge in [0.25, 0.3) is 5.91 Å². The van der Waals surface area contributed by atoms with Crippen LogP contribution in [0.2, 0.25) is 0 Å². The highest BCUT2D eigenvalue weighted by Crippen LogP contribution is 2.25. The van der Waals surface area contributed by atoms with Crippen LogP contribution in [0.4, 0.5) is 5.69 Å². The van der Waals surface area contributed by atoms with Crippen molar-refractivity contribution in [1.29, 1.82) is 0 Å². The largest absolute Gasteiger partial charge is 0.484 e. The molecule has 0 unspecified atom stereocenters. The third-order valence-electron chi connectivity index (χ3n) is 4.81. The summed E-state index contributed by atoms with van der Waals surface area (Å²) < 4.78 is 44.0. The lowest BCUT2D eigenvalue weighted by Gasteiger charge is -2.26. The monoisotopic (exact) mass is 520 g/mol. The minimum atomic E-state index is -3.58. The number of anilines is 1. The number of amides is 1. The van der Waals surface area contributed by atoms with E-state index in [4.69, 9.17) is 13.9 Å². The average molecular weight is 521 g/mol. The summed E-state index contributed by atoms with van der Waals surface area (Å²) in [5, 5.41) is 2.70. The van der Waals surface area contributed by atoms with Gasteiger partial charge in [-0.1, -0.05) is 12.1 Å². The van der Waals surface area contributed by atoms with E-state index in [1.54, 1.807) is 24.3 Å². The Kier molecular flexibility index (Phi) is 6.95. The summed E-state index contributed by atoms with van der Waals surface area (Å²) in [6.07, 6.45) is 0. The van der Waals surface area contributed by atoms with E-state index in [9.17, 15) is 13.2 Å². The zero-order chi connectivity index (χ0) is 22.6. The summed E-state index contributed by atoms with van der Waals surface area (Å²) in [5.41, 5.74) is 0.457. The molecular weight excluding hydrogens is 500 g/mol. The fourth-order valence-electron chi connectivity index (χ4n) is 3.13. The average Bonchev–Trinajstić information content (AvgIpc) is 3.29. The number of nitrogens with one attached hydrogen (secondary N) is 1. The lowest BCUT2D eigenvalue weighted by Crippen LogP contribution is -2.40. The molecule has 1 aliphatic heterocycles. The first-order chi connectivity index (χ1) is 15.4. The summed E-state index contributed by atoms with van der Waals surface area (Å²) >= 11 is 3.41. The van der Waals surface area contributed by atoms with Crippen LogP contribution in [0, 0.1) is 0 Å². The second-order valence-electron chi connectivity index (χ2n) is 6.98. The maximum absolute atomic E-state index is 12.7. The predicted molar refractivity (Wildman–Crippen MR) is 121 cm³/mol. The van der Waals surface area contributed by atoms with Crippen molar-refractivity contribution in [3.05, 3.63) is 76.7 Å². The third-order valence-corrected chi connectivity index (χ3v) is 7.38. The number of para-hydroxylation sites is 1. The van der Waals surface area contributed by atoms with Gasteiger partial charge in [-0.05, 0) is 64.5 Å². The zero-order valence-corrected chi connectivity index (χ0v) is 19.4. The number of morpholine rings is 1. The Morgan fingerprint density at radius 2 is 1.75 bits per heavy atom. The molecule has 1 aromatic heterocycles. The van der Waals surface area contributed by atoms with Crippen molar-refractivity contribution in [2.75, 3.05) is 31.6 Å². The van der Waals surface area contributed by atoms with E-state index in [0.717, 1.165) is 4.47 Å². The molecule has 1 fully saturated rings. The number of hydrogen-bond donors (Lipinski definition) is 1. The second kappa shape index (κ2) is 9.86. The van der Waals surface area contributed by atoms with Crippen LogP contribution in [0.1, 0.15) is 16.3 Å². The number of hydrogen-bond acceptors (Lipinski definition) is 6. The molecule has 0 atom stereocenters. The molecule has 32 heavy (non-hydrogen) atoms. The van der Waals surface area contributed by atoms with Crippen LogP contribution in [-0.4, -0.2) is 44.9 Å². The molecule has 3 aromatic rings. The van der Waals surface area contributed by atoms with Gasteiger partial charge in [-0.2, -0.15) is 4.31 Å². The smallest absolute Gasteiger partial charge is 0.291 e. The molecule has 168 valence electrons. The first-order valence-electron chi connectivity index (χ1n) is 9.89. The lowest BCUT2D eigenvalue weighted by atomic mass is 10.3. The molecule has 0 bridgehead atoms. The van der Waals surface area contributed by atoms with Gasteiger partial charge in [0.1, 0.15) is 18.1 Å². The van der Waals surface area contributed by atoms with E-state index in [0.29, 0.717) is 43.5 Å². The summed E-state index contributed by atoms with van der Waals surface area (Å²) in [7, 11) is -3.58. The molecule has 0 saturated carbocycles. The molecule has 8 nitrogen and oxygen atoms in total. The van der Waals surface area contributed by atoms with Crippen LogP contribution < -0.4 is 10.1 Å². The van der Waals surface area contributed by atoms with Gasteiger partial charge >= 0.3 is 0 Å². The highest BCUT2D eigenvalue weighted by Gasteiger charge is 2.26. The molecule has 0 radical (unpaired) electrons. The number of benzene rings is 2. The second-order valence-corrected chi connectivity index (χ2v) is 9.77. The van der Waals surface area contributed by atoms with Gasteiger partial charge in [0.05, 0.1) is 22.6 Å². The van der Waals surface area contributed by atoms with Crippen LogP contribution in [0.3, 0.4) is 0 Å². The molecule has 0 spiro atoms. The van der Waals surface area contributed by atoms with Crippen molar-refractivity contribution in [2.24, 2.45) is 0 Å². The number of carbonyl (C=O) groups is 1. The summed E-state index contributed by atoms with van der Waals surface area (Å²) in [4.78, 5) is 12.7. The Labute approximate surface area is 194 Å². The van der Waals surface area contributed by atoms with Crippen molar-refractivity contribution in [1.82, 2.24) is 4.31 Å². The molecule has 2 heterocycles. The standard InChI is InChI=1S/C22H21BrN2O6S/c23-19-3-1-2-4-20(19)30-15-17-7-10-21(31-17)22(26)24-16-5-8-18(9-6-16)32(27,28)25-11-13-29-14-12-25/h1-10H,11-15H2,(H,24,26). The Bertz CT molecular complexity index is 1190. The Morgan fingerprint density at radius 1 is 1.03 bits per heavy atom. The highest BCUT2D eigenvalue weighted by atomic mass is 79.9. The molecule has 1 amide bonds. The van der Waals surface area contributed by atoms with Crippen molar-refractivity contribution in [3.63, 3.8) is 0 Å². The zero-order valence-electron chi connectivity index (χ0n) is 17.0. The summed E-state index contributed by atoms with van der Waals surface area (Å²) in [6, 6.07) is 16.7. The maximum atomic E-state index is 12.7. The number of rotatable bonds is 7. The van der Waals surface area contributed by atoms with Gasteiger partial charge in [-0.25, -0.2) is 8.42 Å². The van der Waals surface area contributed by atoms with E-state index in [1.165, 1.54) is 16.4 Å². The van der Waals surface area contributed by atoms with Gasteiger partial charge in [-0.15, -0.1) is 0 Å². The van der Waals surface area contributed by atoms with Crippen LogP contribution >= 0.6 is 15.9 Å². The quantitative estimate of drug-likeness (QED) is 0.507. The minimum absolute atomic E-state index is 0.126. The SMILES string of the molecule is O=C(Nc1ccc(S(=O)(=O)N2CCOCC2)cc1)c1ccc(COc2ccccc2Br)o1. The molecule has 1 N–H and O–H groups in total. The first-order valence-corrected chi connectivity index (χ1v) is 12.1. The topological polar surface area (TPSA) is 98.1 Å². The van der Waals surface area contributed by atoms with Gasteiger partial charge in [0, 0.05) is 18.8 Å². The number of sulfonamides is 1. The summed E-state index contributed by atoms with van der Waals surface area (Å²) in [5.74, 6) is 0.849. The van der Waals surface area contributed by atoms with Gasteiger partial charge in [-0.3, -0.25) is 4.79 Å². The first kappa shape index (κ1) is 22.5. The normalized spacial score (nSPS) is 14.8. The molecule has 2 aromatic carbocycles. The lowest BCUT2D eigenvalue weighted by molar-refractivity contribution is 0.0730. The van der Waals surface area contributed by atoms with Gasteiger partial charge in [0.2, 0.25) is 10.0 Å². The van der Waals surface area contributed by atoms with Crippen molar-refractivity contribution in [3.8, 4) is 5.75 Å². The Morgan fingerprint density at radius 3 is 2.47 bits per heavy atom. The molecule has 1 aliphatic rings. The van der Waals surface area contributed by atoms with E-state index in [2.05, 4.69) is 21.2 Å². The Balaban J connectivity index is 1.36. The van der Waals surface area contributed by atoms with Gasteiger partial charge in [0.15, 0.2) is 5.76 Å². The van der Waals surface area contributed by atoms with Gasteiger partial charge < -0.3 is 19.2 Å². The van der Waals surface area contributed by atoms with Crippen LogP contribution in [0.25, 0.3) is 0 Å². The number of ether oxygens (including phenoxy) is 2. The van der Waals surface area contributed by atoms with Crippen LogP contribution in [0.5, 0.6) is 5.75 Å². The number of nitrogens with zero attached hydrogens (tertiary/aromatic N) is 1. The number of carbonyl (C=O) groups excluding carboxylic acids is 1. The minimum Gasteiger partial charge on any atom is -0.484 e. The third kappa shape index (κ3) is 5.21. The van der Waals surface area contributed by atoms with Crippen molar-refractivity contribution >= 4 is 37.5 Å². The fraction of sp³-hybridized carbons (Fsp3) is 0.227. The van der Waals surface area contributed by atoms with E-state index in [-0.39, 0.29) is 17.3 Å². The van der Waals surface area contributed by atoms with Crippen LogP contribution in [-0.2, 0) is 21.4 Å². The molecule has 1 saturated heterocycles. The van der Waals surface area contributed by atoms with Crippen molar-refractivity contribution in [2.45, 2.75) is 11.5 Å². The number of furan rings is 1. The van der Waals surface area contributed by atoms with Crippen molar-refractivity contribution < 1.29 is 27.1 Å². The predicted octanol–water partition coefficient (Wildman–Crippen LogP) is 3.89. The summed E-state index contributed by atoms with van der Waals surface area (Å²) in [6.45, 7) is 1.58. The van der Waals surface area contributed by atoms with E-state index < -0.39 is 15.9 Å². The number of halogens is 1. The van der Waals surface area contributed by atoms with E-state index in [1.807, 2.05) is 24.3 Å². The fourth-order valence-corrected chi connectivity index (χ4v) is 4.93. The molecular formula is C22H21BrN2O6S. The molecule has 4 rings (SSSR count). The van der Waals surface area contributed by atoms with E-state index >= 15 is 0 Å².